The van der Waals surface area contributed by atoms with Gasteiger partial charge in [0.2, 0.25) is 5.91 Å². The second-order valence-electron chi connectivity index (χ2n) is 8.43. The third-order valence-corrected chi connectivity index (χ3v) is 6.10. The van der Waals surface area contributed by atoms with Crippen LogP contribution in [-0.4, -0.2) is 28.2 Å². The normalized spacial score (nSPS) is 18.3. The van der Waals surface area contributed by atoms with Gasteiger partial charge in [-0.05, 0) is 49.1 Å². The van der Waals surface area contributed by atoms with Crippen LogP contribution in [0.5, 0.6) is 0 Å². The van der Waals surface area contributed by atoms with Crippen LogP contribution in [0.4, 0.5) is 23.4 Å². The van der Waals surface area contributed by atoms with Crippen LogP contribution in [0.25, 0.3) is 0 Å². The maximum absolute atomic E-state index is 14.6. The van der Waals surface area contributed by atoms with E-state index in [-0.39, 0.29) is 11.4 Å². The average Bonchev–Trinajstić information content (AvgIpc) is 2.83. The molecule has 2 amide bonds. The Hall–Kier alpha value is -3.75. The van der Waals surface area contributed by atoms with Gasteiger partial charge in [0.15, 0.2) is 0 Å². The smallest absolute Gasteiger partial charge is 0.331 e. The second-order valence-corrected chi connectivity index (χ2v) is 8.43. The van der Waals surface area contributed by atoms with E-state index >= 15 is 0 Å². The van der Waals surface area contributed by atoms with Crippen molar-refractivity contribution < 1.29 is 27.2 Å². The Morgan fingerprint density at radius 1 is 1.00 bits per heavy atom. The second kappa shape index (κ2) is 9.85. The van der Waals surface area contributed by atoms with Crippen LogP contribution >= 0.6 is 0 Å². The molecule has 1 aliphatic rings. The monoisotopic (exact) mass is 485 g/mol. The number of likely N-dealkylation sites (tertiary alicyclic amines) is 1. The lowest BCUT2D eigenvalue weighted by Gasteiger charge is -2.41. The first-order valence-corrected chi connectivity index (χ1v) is 11.1. The highest BCUT2D eigenvalue weighted by Gasteiger charge is 2.41. The third kappa shape index (κ3) is 5.18. The minimum Gasteiger partial charge on any atom is -0.331 e. The number of hydrogen-bond donors (Lipinski definition) is 1. The van der Waals surface area contributed by atoms with Gasteiger partial charge in [-0.15, -0.1) is 0 Å². The first-order valence-electron chi connectivity index (χ1n) is 11.1. The summed E-state index contributed by atoms with van der Waals surface area (Å²) in [5, 5.41) is 2.48. The lowest BCUT2D eigenvalue weighted by Crippen LogP contribution is -2.46. The first-order chi connectivity index (χ1) is 16.7. The number of hydrogen-bond acceptors (Lipinski definition) is 3. The van der Waals surface area contributed by atoms with Crippen LogP contribution in [0, 0.1) is 18.7 Å². The van der Waals surface area contributed by atoms with Gasteiger partial charge in [0.25, 0.3) is 5.91 Å². The summed E-state index contributed by atoms with van der Waals surface area (Å²) in [6.07, 6.45) is -3.79. The highest BCUT2D eigenvalue weighted by atomic mass is 19.4. The van der Waals surface area contributed by atoms with Crippen LogP contribution in [0.3, 0.4) is 0 Å². The van der Waals surface area contributed by atoms with Crippen LogP contribution in [0.1, 0.15) is 46.1 Å². The molecule has 0 unspecified atom stereocenters. The Bertz CT molecular complexity index is 1210. The molecule has 2 atom stereocenters. The van der Waals surface area contributed by atoms with Crippen molar-refractivity contribution in [3.63, 3.8) is 0 Å². The molecule has 182 valence electrons. The molecule has 1 aromatic heterocycles. The number of nitrogens with zero attached hydrogens (tertiary/aromatic N) is 2. The molecule has 0 bridgehead atoms. The summed E-state index contributed by atoms with van der Waals surface area (Å²) in [7, 11) is 0. The SMILES string of the molecule is Cc1cccc(F)c1C(=O)N1CCC[C@H](C(=O)Nc2cccc(C(F)(F)F)n2)[C@@H]1c1ccccc1. The van der Waals surface area contributed by atoms with E-state index in [1.54, 1.807) is 43.3 Å². The summed E-state index contributed by atoms with van der Waals surface area (Å²) < 4.78 is 53.8. The third-order valence-electron chi connectivity index (χ3n) is 6.10. The van der Waals surface area contributed by atoms with Crippen molar-refractivity contribution in [1.82, 2.24) is 9.88 Å². The van der Waals surface area contributed by atoms with Gasteiger partial charge in [0, 0.05) is 6.54 Å². The predicted octanol–water partition coefficient (Wildman–Crippen LogP) is 5.78. The summed E-state index contributed by atoms with van der Waals surface area (Å²) in [6, 6.07) is 15.8. The quantitative estimate of drug-likeness (QED) is 0.477. The van der Waals surface area contributed by atoms with Crippen molar-refractivity contribution in [1.29, 1.82) is 0 Å². The van der Waals surface area contributed by atoms with Crippen molar-refractivity contribution in [3.8, 4) is 0 Å². The van der Waals surface area contributed by atoms with Crippen molar-refractivity contribution in [2.45, 2.75) is 32.0 Å². The number of pyridine rings is 1. The highest BCUT2D eigenvalue weighted by Crippen LogP contribution is 2.38. The summed E-state index contributed by atoms with van der Waals surface area (Å²) in [4.78, 5) is 31.8. The van der Waals surface area contributed by atoms with E-state index in [4.69, 9.17) is 0 Å². The number of halogens is 4. The number of carbonyl (C=O) groups is 2. The van der Waals surface area contributed by atoms with Gasteiger partial charge in [-0.3, -0.25) is 9.59 Å². The fraction of sp³-hybridized carbons (Fsp3) is 0.269. The lowest BCUT2D eigenvalue weighted by atomic mass is 9.83. The number of amides is 2. The number of anilines is 1. The maximum Gasteiger partial charge on any atom is 0.433 e. The molecule has 9 heteroatoms. The van der Waals surface area contributed by atoms with Crippen LogP contribution in [-0.2, 0) is 11.0 Å². The van der Waals surface area contributed by atoms with Gasteiger partial charge in [0.05, 0.1) is 17.5 Å². The molecule has 0 aliphatic carbocycles. The largest absolute Gasteiger partial charge is 0.433 e. The molecule has 1 N–H and O–H groups in total. The summed E-state index contributed by atoms with van der Waals surface area (Å²) in [6.45, 7) is 1.94. The molecular formula is C26H23F4N3O2. The summed E-state index contributed by atoms with van der Waals surface area (Å²) >= 11 is 0. The molecule has 3 aromatic rings. The van der Waals surface area contributed by atoms with Gasteiger partial charge in [-0.2, -0.15) is 13.2 Å². The summed E-state index contributed by atoms with van der Waals surface area (Å²) in [5.41, 5.74) is -0.0346. The highest BCUT2D eigenvalue weighted by molar-refractivity contribution is 5.98. The molecule has 4 rings (SSSR count). The molecule has 1 fully saturated rings. The molecule has 5 nitrogen and oxygen atoms in total. The van der Waals surface area contributed by atoms with E-state index in [0.29, 0.717) is 30.5 Å². The first kappa shape index (κ1) is 24.4. The van der Waals surface area contributed by atoms with E-state index in [9.17, 15) is 27.2 Å². The zero-order chi connectivity index (χ0) is 25.2. The zero-order valence-electron chi connectivity index (χ0n) is 18.8. The fourth-order valence-corrected chi connectivity index (χ4v) is 4.49. The molecule has 0 spiro atoms. The van der Waals surface area contributed by atoms with Crippen LogP contribution in [0.2, 0.25) is 0 Å². The van der Waals surface area contributed by atoms with Crippen molar-refractivity contribution in [2.24, 2.45) is 5.92 Å². The Labute approximate surface area is 199 Å². The average molecular weight is 485 g/mol. The van der Waals surface area contributed by atoms with Gasteiger partial charge in [-0.1, -0.05) is 48.5 Å². The zero-order valence-corrected chi connectivity index (χ0v) is 18.8. The predicted molar refractivity (Wildman–Crippen MR) is 122 cm³/mol. The number of piperidine rings is 1. The van der Waals surface area contributed by atoms with E-state index in [1.165, 1.54) is 23.1 Å². The molecular weight excluding hydrogens is 462 g/mol. The lowest BCUT2D eigenvalue weighted by molar-refractivity contribution is -0.141. The number of aromatic nitrogens is 1. The van der Waals surface area contributed by atoms with Gasteiger partial charge < -0.3 is 10.2 Å². The minimum atomic E-state index is -4.65. The molecule has 35 heavy (non-hydrogen) atoms. The van der Waals surface area contributed by atoms with E-state index < -0.39 is 41.5 Å². The number of nitrogens with one attached hydrogen (secondary N) is 1. The van der Waals surface area contributed by atoms with Gasteiger partial charge in [-0.25, -0.2) is 9.37 Å². The summed E-state index contributed by atoms with van der Waals surface area (Å²) in [5.74, 6) is -2.76. The fourth-order valence-electron chi connectivity index (χ4n) is 4.49. The number of benzene rings is 2. The van der Waals surface area contributed by atoms with E-state index in [1.807, 2.05) is 0 Å². The Balaban J connectivity index is 1.68. The number of aryl methyl sites for hydroxylation is 1. The Morgan fingerprint density at radius 3 is 2.40 bits per heavy atom. The van der Waals surface area contributed by atoms with Gasteiger partial charge >= 0.3 is 6.18 Å². The number of rotatable bonds is 4. The Kier molecular flexibility index (Phi) is 6.86. The van der Waals surface area contributed by atoms with Gasteiger partial charge in [0.1, 0.15) is 17.3 Å². The Morgan fingerprint density at radius 2 is 1.71 bits per heavy atom. The number of alkyl halides is 3. The van der Waals surface area contributed by atoms with E-state index in [0.717, 1.165) is 12.1 Å². The van der Waals surface area contributed by atoms with Crippen LogP contribution in [0.15, 0.2) is 66.7 Å². The van der Waals surface area contributed by atoms with Crippen molar-refractivity contribution in [3.05, 3.63) is 94.9 Å². The van der Waals surface area contributed by atoms with Crippen molar-refractivity contribution >= 4 is 17.6 Å². The molecule has 2 aromatic carbocycles. The maximum atomic E-state index is 14.6. The molecule has 0 saturated carbocycles. The van der Waals surface area contributed by atoms with Crippen LogP contribution < -0.4 is 5.32 Å². The van der Waals surface area contributed by atoms with Crippen molar-refractivity contribution in [2.75, 3.05) is 11.9 Å². The minimum absolute atomic E-state index is 0.0611. The van der Waals surface area contributed by atoms with E-state index in [2.05, 4.69) is 10.3 Å². The number of carbonyl (C=O) groups excluding carboxylic acids is 2. The molecule has 0 radical (unpaired) electrons. The standard InChI is InChI=1S/C26H23F4N3O2/c1-16-8-5-12-19(27)22(16)25(35)33-15-7-11-18(23(33)17-9-3-2-4-10-17)24(34)32-21-14-6-13-20(31-21)26(28,29)30/h2-6,8-10,12-14,18,23H,7,11,15H2,1H3,(H,31,32,34)/t18-,23-/m0/s1. The topological polar surface area (TPSA) is 62.3 Å². The molecule has 2 heterocycles. The molecule has 1 saturated heterocycles. The molecule has 1 aliphatic heterocycles.